The number of hydrogen-bond donors (Lipinski definition) is 0. The van der Waals surface area contributed by atoms with Crippen molar-refractivity contribution in [2.24, 2.45) is 0 Å². The van der Waals surface area contributed by atoms with Crippen LogP contribution in [0, 0.1) is 0 Å². The lowest BCUT2D eigenvalue weighted by Gasteiger charge is -2.31. The first-order valence-corrected chi connectivity index (χ1v) is 6.76. The van der Waals surface area contributed by atoms with Gasteiger partial charge < -0.3 is 9.47 Å². The number of rotatable bonds is 4. The highest BCUT2D eigenvalue weighted by Crippen LogP contribution is 2.41. The zero-order valence-electron chi connectivity index (χ0n) is 11.2. The zero-order chi connectivity index (χ0) is 14.8. The summed E-state index contributed by atoms with van der Waals surface area (Å²) in [7, 11) is 2.91. The van der Waals surface area contributed by atoms with Gasteiger partial charge in [0.05, 0.1) is 12.1 Å². The minimum absolute atomic E-state index is 0.124. The van der Waals surface area contributed by atoms with Gasteiger partial charge in [-0.3, -0.25) is 4.79 Å². The van der Waals surface area contributed by atoms with Gasteiger partial charge >= 0.3 is 0 Å². The number of carbonyl (C=O) groups excluding carboxylic acids is 1. The molecule has 0 spiro atoms. The molecule has 1 aliphatic carbocycles. The number of ether oxygens (including phenoxy) is 2. The van der Waals surface area contributed by atoms with Gasteiger partial charge in [0, 0.05) is 24.7 Å². The van der Waals surface area contributed by atoms with Crippen molar-refractivity contribution in [3.63, 3.8) is 0 Å². The average Bonchev–Trinajstić information content (AvgIpc) is 2.47. The highest BCUT2D eigenvalue weighted by molar-refractivity contribution is 6.34. The van der Waals surface area contributed by atoms with Crippen LogP contribution in [-0.4, -0.2) is 25.1 Å². The molecule has 1 aliphatic rings. The summed E-state index contributed by atoms with van der Waals surface area (Å²) in [6, 6.07) is 8.95. The van der Waals surface area contributed by atoms with Crippen LogP contribution in [0.25, 0.3) is 0 Å². The van der Waals surface area contributed by atoms with E-state index in [9.17, 15) is 4.79 Å². The maximum Gasteiger partial charge on any atom is 0.204 e. The standard InChI is InChI=1S/C15H14Cl2O3/c1-19-14-12(16)8-11(9-15(14,17)20-2)13(18)10-6-4-3-5-7-10/h3-8H,9H2,1-2H3. The molecule has 20 heavy (non-hydrogen) atoms. The summed E-state index contributed by atoms with van der Waals surface area (Å²) in [6.45, 7) is 0. The molecule has 0 heterocycles. The summed E-state index contributed by atoms with van der Waals surface area (Å²) in [5, 5.41) is -0.977. The van der Waals surface area contributed by atoms with Crippen molar-refractivity contribution in [3.8, 4) is 0 Å². The lowest BCUT2D eigenvalue weighted by atomic mass is 9.93. The zero-order valence-corrected chi connectivity index (χ0v) is 12.7. The third kappa shape index (κ3) is 2.75. The summed E-state index contributed by atoms with van der Waals surface area (Å²) in [6.07, 6.45) is 1.77. The Hall–Kier alpha value is -1.29. The summed E-state index contributed by atoms with van der Waals surface area (Å²) in [4.78, 5) is 12.4. The van der Waals surface area contributed by atoms with E-state index >= 15 is 0 Å². The van der Waals surface area contributed by atoms with Crippen molar-refractivity contribution in [2.45, 2.75) is 11.5 Å². The molecule has 0 radical (unpaired) electrons. The highest BCUT2D eigenvalue weighted by Gasteiger charge is 2.40. The number of ketones is 1. The topological polar surface area (TPSA) is 35.5 Å². The molecule has 0 saturated heterocycles. The summed E-state index contributed by atoms with van der Waals surface area (Å²) in [5.41, 5.74) is 1.07. The smallest absolute Gasteiger partial charge is 0.204 e. The molecule has 0 fully saturated rings. The van der Waals surface area contributed by atoms with Gasteiger partial charge in [-0.05, 0) is 6.08 Å². The minimum Gasteiger partial charge on any atom is -0.495 e. The molecule has 5 heteroatoms. The van der Waals surface area contributed by atoms with E-state index in [-0.39, 0.29) is 17.2 Å². The van der Waals surface area contributed by atoms with E-state index in [0.29, 0.717) is 16.9 Å². The van der Waals surface area contributed by atoms with E-state index in [1.54, 1.807) is 30.3 Å². The molecule has 1 atom stereocenters. The predicted molar refractivity (Wildman–Crippen MR) is 79.0 cm³/mol. The number of methoxy groups -OCH3 is 2. The molecular formula is C15H14Cl2O3. The second-order valence-corrected chi connectivity index (χ2v) is 5.37. The SMILES string of the molecule is COC1=C(Cl)C=C(C(=O)c2ccccc2)CC1(Cl)OC. The molecule has 106 valence electrons. The molecule has 0 bridgehead atoms. The van der Waals surface area contributed by atoms with Crippen LogP contribution in [0.1, 0.15) is 16.8 Å². The number of hydrogen-bond acceptors (Lipinski definition) is 3. The normalized spacial score (nSPS) is 22.5. The molecule has 0 aliphatic heterocycles. The summed E-state index contributed by atoms with van der Waals surface area (Å²) in [5.74, 6) is 0.189. The van der Waals surface area contributed by atoms with E-state index in [1.807, 2.05) is 6.07 Å². The van der Waals surface area contributed by atoms with Crippen LogP contribution in [0.15, 0.2) is 52.8 Å². The lowest BCUT2D eigenvalue weighted by Crippen LogP contribution is -2.33. The highest BCUT2D eigenvalue weighted by atomic mass is 35.5. The second kappa shape index (κ2) is 6.00. The van der Waals surface area contributed by atoms with Crippen LogP contribution in [0.4, 0.5) is 0 Å². The fourth-order valence-electron chi connectivity index (χ4n) is 2.11. The Morgan fingerprint density at radius 2 is 1.90 bits per heavy atom. The van der Waals surface area contributed by atoms with E-state index in [0.717, 1.165) is 0 Å². The second-order valence-electron chi connectivity index (χ2n) is 4.36. The lowest BCUT2D eigenvalue weighted by molar-refractivity contribution is 0.0426. The molecular weight excluding hydrogens is 299 g/mol. The summed E-state index contributed by atoms with van der Waals surface area (Å²) >= 11 is 12.5. The molecule has 3 nitrogen and oxygen atoms in total. The number of alkyl halides is 1. The molecule has 0 N–H and O–H groups in total. The third-order valence-electron chi connectivity index (χ3n) is 3.13. The Kier molecular flexibility index (Phi) is 4.53. The maximum atomic E-state index is 12.4. The monoisotopic (exact) mass is 312 g/mol. The van der Waals surface area contributed by atoms with Crippen LogP contribution < -0.4 is 0 Å². The van der Waals surface area contributed by atoms with E-state index in [1.165, 1.54) is 14.2 Å². The Balaban J connectivity index is 2.40. The summed E-state index contributed by atoms with van der Waals surface area (Å²) < 4.78 is 10.5. The van der Waals surface area contributed by atoms with Crippen molar-refractivity contribution in [1.82, 2.24) is 0 Å². The van der Waals surface area contributed by atoms with Gasteiger partial charge in [-0.2, -0.15) is 0 Å². The number of benzene rings is 1. The van der Waals surface area contributed by atoms with Gasteiger partial charge in [0.15, 0.2) is 11.5 Å². The van der Waals surface area contributed by atoms with Gasteiger partial charge in [0.2, 0.25) is 5.06 Å². The average molecular weight is 313 g/mol. The molecule has 0 aromatic heterocycles. The first kappa shape index (κ1) is 15.1. The predicted octanol–water partition coefficient (Wildman–Crippen LogP) is 3.88. The van der Waals surface area contributed by atoms with Crippen LogP contribution in [0.3, 0.4) is 0 Å². The van der Waals surface area contributed by atoms with Crippen LogP contribution in [0.5, 0.6) is 0 Å². The first-order valence-electron chi connectivity index (χ1n) is 6.00. The van der Waals surface area contributed by atoms with Crippen LogP contribution in [-0.2, 0) is 9.47 Å². The molecule has 0 amide bonds. The number of Topliss-reactive ketones (excluding diaryl/α,β-unsaturated/α-hetero) is 1. The maximum absolute atomic E-state index is 12.4. The first-order chi connectivity index (χ1) is 9.51. The van der Waals surface area contributed by atoms with E-state index < -0.39 is 5.06 Å². The van der Waals surface area contributed by atoms with Crippen LogP contribution >= 0.6 is 23.2 Å². The van der Waals surface area contributed by atoms with Crippen molar-refractivity contribution in [1.29, 1.82) is 0 Å². The van der Waals surface area contributed by atoms with Crippen molar-refractivity contribution in [3.05, 3.63) is 58.3 Å². The molecule has 1 unspecified atom stereocenters. The van der Waals surface area contributed by atoms with E-state index in [2.05, 4.69) is 0 Å². The number of halogens is 2. The van der Waals surface area contributed by atoms with Crippen molar-refractivity contribution in [2.75, 3.05) is 14.2 Å². The Morgan fingerprint density at radius 1 is 1.25 bits per heavy atom. The molecule has 2 rings (SSSR count). The van der Waals surface area contributed by atoms with Gasteiger partial charge in [0.25, 0.3) is 0 Å². The Morgan fingerprint density at radius 3 is 2.45 bits per heavy atom. The fraction of sp³-hybridized carbons (Fsp3) is 0.267. The quantitative estimate of drug-likeness (QED) is 0.625. The molecule has 0 saturated carbocycles. The van der Waals surface area contributed by atoms with Crippen molar-refractivity contribution >= 4 is 29.0 Å². The number of allylic oxidation sites excluding steroid dienone is 2. The Bertz CT molecular complexity index is 578. The fourth-order valence-corrected chi connectivity index (χ4v) is 2.84. The van der Waals surface area contributed by atoms with Gasteiger partial charge in [-0.15, -0.1) is 0 Å². The molecule has 1 aromatic carbocycles. The third-order valence-corrected chi connectivity index (χ3v) is 3.87. The van der Waals surface area contributed by atoms with Crippen molar-refractivity contribution < 1.29 is 14.3 Å². The molecule has 1 aromatic rings. The van der Waals surface area contributed by atoms with E-state index in [4.69, 9.17) is 32.7 Å². The largest absolute Gasteiger partial charge is 0.495 e. The van der Waals surface area contributed by atoms with Gasteiger partial charge in [-0.1, -0.05) is 53.5 Å². The number of carbonyl (C=O) groups is 1. The van der Waals surface area contributed by atoms with Gasteiger partial charge in [-0.25, -0.2) is 0 Å². The Labute approximate surface area is 127 Å². The van der Waals surface area contributed by atoms with Gasteiger partial charge in [0.1, 0.15) is 0 Å². The minimum atomic E-state index is -1.25. The van der Waals surface area contributed by atoms with Crippen LogP contribution in [0.2, 0.25) is 0 Å².